The first kappa shape index (κ1) is 25.3. The van der Waals surface area contributed by atoms with E-state index >= 15 is 0 Å². The zero-order valence-electron chi connectivity index (χ0n) is 20.3. The molecule has 1 aliphatic heterocycles. The number of nitrogens with one attached hydrogen (secondary N) is 2. The summed E-state index contributed by atoms with van der Waals surface area (Å²) in [5, 5.41) is 29.7. The number of aryl methyl sites for hydroxylation is 1. The molecule has 2 unspecified atom stereocenters. The zero-order chi connectivity index (χ0) is 25.4. The fourth-order valence-corrected chi connectivity index (χ4v) is 4.31. The highest BCUT2D eigenvalue weighted by Gasteiger charge is 2.44. The Labute approximate surface area is 198 Å². The number of β-amino-alcohol motifs (C(OH)–C–C–N with tert-alkyl or cyclic N) is 1. The predicted octanol–water partition coefficient (Wildman–Crippen LogP) is 1.40. The number of aliphatic hydroxyl groups excluding tert-OH is 1. The normalized spacial score (nSPS) is 20.1. The summed E-state index contributed by atoms with van der Waals surface area (Å²) in [6.45, 7) is 6.98. The highest BCUT2D eigenvalue weighted by Crippen LogP contribution is 2.29. The van der Waals surface area contributed by atoms with Crippen molar-refractivity contribution in [2.75, 3.05) is 13.7 Å². The Bertz CT molecular complexity index is 1090. The van der Waals surface area contributed by atoms with Crippen molar-refractivity contribution in [2.45, 2.75) is 58.3 Å². The van der Waals surface area contributed by atoms with Gasteiger partial charge in [0.25, 0.3) is 0 Å². The number of carbonyl (C=O) groups is 3. The first-order chi connectivity index (χ1) is 15.8. The molecule has 11 heteroatoms. The molecule has 0 saturated carbocycles. The summed E-state index contributed by atoms with van der Waals surface area (Å²) < 4.78 is 7.05. The van der Waals surface area contributed by atoms with Gasteiger partial charge in [-0.1, -0.05) is 26.8 Å². The van der Waals surface area contributed by atoms with E-state index in [1.54, 1.807) is 32.6 Å². The van der Waals surface area contributed by atoms with Crippen LogP contribution in [0.5, 0.6) is 5.88 Å². The highest BCUT2D eigenvalue weighted by atomic mass is 16.5. The van der Waals surface area contributed by atoms with Crippen LogP contribution in [0.3, 0.4) is 0 Å². The molecule has 1 fully saturated rings. The first-order valence-corrected chi connectivity index (χ1v) is 11.1. The number of likely N-dealkylation sites (tertiary alicyclic amines) is 1. The standard InChI is InChI=1S/C23H33N5O6/c1-12(13-7-8-16-15(9-13)20(34-6)26-27(16)5)24-19(30)17-10-14(29)11-28(17)21(31)18(23(2,3)4)25-22(32)33/h7-9,12,14,17-18,25,29H,10-11H2,1-6H3,(H,24,30)(H,32,33)/t12?,14-,17+,18?/m1/s1. The van der Waals surface area contributed by atoms with Crippen molar-refractivity contribution < 1.29 is 29.3 Å². The van der Waals surface area contributed by atoms with Crippen LogP contribution in [0.2, 0.25) is 0 Å². The number of aromatic nitrogens is 2. The third kappa shape index (κ3) is 5.09. The second kappa shape index (κ2) is 9.49. The van der Waals surface area contributed by atoms with Crippen molar-refractivity contribution >= 4 is 28.8 Å². The van der Waals surface area contributed by atoms with Gasteiger partial charge >= 0.3 is 6.09 Å². The van der Waals surface area contributed by atoms with Crippen molar-refractivity contribution in [3.05, 3.63) is 23.8 Å². The summed E-state index contributed by atoms with van der Waals surface area (Å²) in [6, 6.07) is 3.29. The van der Waals surface area contributed by atoms with Crippen LogP contribution >= 0.6 is 0 Å². The Hall–Kier alpha value is -3.34. The van der Waals surface area contributed by atoms with Gasteiger partial charge < -0.3 is 30.5 Å². The molecule has 0 radical (unpaired) electrons. The lowest BCUT2D eigenvalue weighted by Crippen LogP contribution is -2.57. The van der Waals surface area contributed by atoms with Crippen LogP contribution < -0.4 is 15.4 Å². The molecule has 0 bridgehead atoms. The number of methoxy groups -OCH3 is 1. The first-order valence-electron chi connectivity index (χ1n) is 11.1. The molecule has 1 saturated heterocycles. The van der Waals surface area contributed by atoms with Gasteiger partial charge in [0.2, 0.25) is 17.7 Å². The van der Waals surface area contributed by atoms with E-state index in [2.05, 4.69) is 15.7 Å². The number of nitrogens with zero attached hydrogens (tertiary/aromatic N) is 3. The van der Waals surface area contributed by atoms with E-state index in [1.165, 1.54) is 4.90 Å². The van der Waals surface area contributed by atoms with Crippen molar-refractivity contribution in [3.63, 3.8) is 0 Å². The van der Waals surface area contributed by atoms with E-state index in [0.29, 0.717) is 5.88 Å². The largest absolute Gasteiger partial charge is 0.479 e. The molecule has 3 amide bonds. The number of rotatable bonds is 6. The van der Waals surface area contributed by atoms with Crippen molar-refractivity contribution in [2.24, 2.45) is 12.5 Å². The van der Waals surface area contributed by atoms with Gasteiger partial charge in [-0.2, -0.15) is 0 Å². The molecule has 4 N–H and O–H groups in total. The topological polar surface area (TPSA) is 146 Å². The molecule has 4 atom stereocenters. The third-order valence-corrected chi connectivity index (χ3v) is 6.14. The third-order valence-electron chi connectivity index (χ3n) is 6.14. The minimum atomic E-state index is -1.33. The number of carboxylic acid groups (broad SMARTS) is 1. The maximum Gasteiger partial charge on any atom is 0.405 e. The molecule has 1 aromatic carbocycles. The quantitative estimate of drug-likeness (QED) is 0.494. The Balaban J connectivity index is 1.80. The van der Waals surface area contributed by atoms with Crippen LogP contribution in [-0.4, -0.2) is 74.6 Å². The summed E-state index contributed by atoms with van der Waals surface area (Å²) in [5.41, 5.74) is 0.979. The van der Waals surface area contributed by atoms with Gasteiger partial charge in [0, 0.05) is 20.0 Å². The molecule has 1 aliphatic rings. The van der Waals surface area contributed by atoms with Crippen LogP contribution in [0.25, 0.3) is 10.9 Å². The average molecular weight is 476 g/mol. The van der Waals surface area contributed by atoms with Gasteiger partial charge in [0.05, 0.1) is 30.2 Å². The minimum Gasteiger partial charge on any atom is -0.479 e. The molecule has 1 aromatic heterocycles. The van der Waals surface area contributed by atoms with Crippen LogP contribution in [0.15, 0.2) is 18.2 Å². The maximum atomic E-state index is 13.2. The SMILES string of the molecule is COc1nn(C)c2ccc(C(C)NC(=O)[C@@H]3C[C@@H](O)CN3C(=O)C(NC(=O)O)C(C)(C)C)cc12. The molecule has 2 heterocycles. The highest BCUT2D eigenvalue weighted by molar-refractivity contribution is 5.92. The van der Waals surface area contributed by atoms with Crippen LogP contribution in [0.4, 0.5) is 4.79 Å². The molecule has 186 valence electrons. The van der Waals surface area contributed by atoms with Crippen LogP contribution in [0.1, 0.15) is 45.7 Å². The molecule has 0 aliphatic carbocycles. The van der Waals surface area contributed by atoms with Crippen molar-refractivity contribution in [1.29, 1.82) is 0 Å². The smallest absolute Gasteiger partial charge is 0.405 e. The summed E-state index contributed by atoms with van der Waals surface area (Å²) >= 11 is 0. The number of hydrogen-bond acceptors (Lipinski definition) is 6. The van der Waals surface area contributed by atoms with Gasteiger partial charge in [-0.15, -0.1) is 5.10 Å². The molecule has 11 nitrogen and oxygen atoms in total. The average Bonchev–Trinajstić information content (AvgIpc) is 3.30. The van der Waals surface area contributed by atoms with E-state index in [4.69, 9.17) is 4.74 Å². The van der Waals surface area contributed by atoms with Crippen LogP contribution in [-0.2, 0) is 16.6 Å². The van der Waals surface area contributed by atoms with Crippen LogP contribution in [0, 0.1) is 5.41 Å². The van der Waals surface area contributed by atoms with E-state index in [1.807, 2.05) is 32.2 Å². The minimum absolute atomic E-state index is 0.0436. The maximum absolute atomic E-state index is 13.2. The number of amides is 3. The second-order valence-electron chi connectivity index (χ2n) is 9.78. The van der Waals surface area contributed by atoms with E-state index in [9.17, 15) is 24.6 Å². The van der Waals surface area contributed by atoms with Gasteiger partial charge in [-0.3, -0.25) is 14.3 Å². The van der Waals surface area contributed by atoms with Gasteiger partial charge in [-0.25, -0.2) is 4.79 Å². The number of ether oxygens (including phenoxy) is 1. The monoisotopic (exact) mass is 475 g/mol. The number of fused-ring (bicyclic) bond motifs is 1. The van der Waals surface area contributed by atoms with E-state index in [-0.39, 0.29) is 13.0 Å². The number of hydrogen-bond donors (Lipinski definition) is 4. The van der Waals surface area contributed by atoms with Gasteiger partial charge in [0.15, 0.2) is 0 Å². The molecular formula is C23H33N5O6. The number of benzene rings is 1. The van der Waals surface area contributed by atoms with Crippen molar-refractivity contribution in [1.82, 2.24) is 25.3 Å². The molecule has 2 aromatic rings. The van der Waals surface area contributed by atoms with E-state index in [0.717, 1.165) is 16.5 Å². The summed E-state index contributed by atoms with van der Waals surface area (Å²) in [5.74, 6) is -0.480. The molecule has 34 heavy (non-hydrogen) atoms. The number of aliphatic hydroxyl groups is 1. The Morgan fingerprint density at radius 1 is 1.24 bits per heavy atom. The summed E-state index contributed by atoms with van der Waals surface area (Å²) in [7, 11) is 3.36. The van der Waals surface area contributed by atoms with Crippen molar-refractivity contribution in [3.8, 4) is 5.88 Å². The molecule has 0 spiro atoms. The predicted molar refractivity (Wildman–Crippen MR) is 124 cm³/mol. The lowest BCUT2D eigenvalue weighted by Gasteiger charge is -2.34. The number of carbonyl (C=O) groups excluding carboxylic acids is 2. The molecule has 3 rings (SSSR count). The van der Waals surface area contributed by atoms with Gasteiger partial charge in [-0.05, 0) is 30.0 Å². The molecular weight excluding hydrogens is 442 g/mol. The fourth-order valence-electron chi connectivity index (χ4n) is 4.31. The fraction of sp³-hybridized carbons (Fsp3) is 0.565. The summed E-state index contributed by atoms with van der Waals surface area (Å²) in [6.07, 6.45) is -2.13. The van der Waals surface area contributed by atoms with E-state index < -0.39 is 47.6 Å². The zero-order valence-corrected chi connectivity index (χ0v) is 20.3. The lowest BCUT2D eigenvalue weighted by molar-refractivity contribution is -0.142. The Morgan fingerprint density at radius 3 is 2.50 bits per heavy atom. The van der Waals surface area contributed by atoms with Gasteiger partial charge in [0.1, 0.15) is 12.1 Å². The Kier molecular flexibility index (Phi) is 7.06. The summed E-state index contributed by atoms with van der Waals surface area (Å²) in [4.78, 5) is 39.0. The lowest BCUT2D eigenvalue weighted by atomic mass is 9.85. The second-order valence-corrected chi connectivity index (χ2v) is 9.78. The Morgan fingerprint density at radius 2 is 1.91 bits per heavy atom.